The van der Waals surface area contributed by atoms with E-state index in [9.17, 15) is 5.11 Å². The van der Waals surface area contributed by atoms with Crippen LogP contribution in [-0.2, 0) is 16.9 Å². The highest BCUT2D eigenvalue weighted by Crippen LogP contribution is 2.41. The van der Waals surface area contributed by atoms with E-state index >= 15 is 0 Å². The average Bonchev–Trinajstić information content (AvgIpc) is 2.59. The molecule has 132 valence electrons. The Balaban J connectivity index is 1.59. The van der Waals surface area contributed by atoms with Crippen LogP contribution in [0.1, 0.15) is 35.1 Å². The third kappa shape index (κ3) is 3.24. The van der Waals surface area contributed by atoms with Crippen molar-refractivity contribution in [3.8, 4) is 0 Å². The lowest BCUT2D eigenvalue weighted by molar-refractivity contribution is -0.149. The number of benzene rings is 2. The normalized spacial score (nSPS) is 29.6. The molecule has 2 aliphatic heterocycles. The van der Waals surface area contributed by atoms with Crippen molar-refractivity contribution in [3.63, 3.8) is 0 Å². The van der Waals surface area contributed by atoms with Gasteiger partial charge in [-0.3, -0.25) is 4.90 Å². The van der Waals surface area contributed by atoms with E-state index < -0.39 is 5.60 Å². The largest absolute Gasteiger partial charge is 0.385 e. The molecule has 3 heteroatoms. The molecule has 1 N–H and O–H groups in total. The van der Waals surface area contributed by atoms with Crippen molar-refractivity contribution in [2.75, 3.05) is 13.2 Å². The van der Waals surface area contributed by atoms with Gasteiger partial charge in [0.2, 0.25) is 0 Å². The van der Waals surface area contributed by atoms with E-state index in [2.05, 4.69) is 67.3 Å². The van der Waals surface area contributed by atoms with Crippen LogP contribution in [0.5, 0.6) is 0 Å². The van der Waals surface area contributed by atoms with E-state index in [4.69, 9.17) is 4.74 Å². The first-order valence-corrected chi connectivity index (χ1v) is 9.23. The number of fused-ring (bicyclic) bond motifs is 2. The molecule has 2 aromatic carbocycles. The number of morpholine rings is 1. The van der Waals surface area contributed by atoms with Gasteiger partial charge in [-0.1, -0.05) is 48.5 Å². The summed E-state index contributed by atoms with van der Waals surface area (Å²) in [5.74, 6) is 0. The Hall–Kier alpha value is -1.68. The second-order valence-electron chi connectivity index (χ2n) is 7.74. The molecule has 2 bridgehead atoms. The number of ether oxygens (including phenoxy) is 1. The maximum absolute atomic E-state index is 11.5. The predicted molar refractivity (Wildman–Crippen MR) is 99.4 cm³/mol. The third-order valence-electron chi connectivity index (χ3n) is 5.96. The van der Waals surface area contributed by atoms with Crippen molar-refractivity contribution in [2.45, 2.75) is 50.9 Å². The average molecular weight is 337 g/mol. The van der Waals surface area contributed by atoms with E-state index in [0.717, 1.165) is 24.9 Å². The minimum atomic E-state index is -0.745. The van der Waals surface area contributed by atoms with Crippen LogP contribution in [0.15, 0.2) is 48.5 Å². The van der Waals surface area contributed by atoms with Crippen LogP contribution in [0.3, 0.4) is 0 Å². The van der Waals surface area contributed by atoms with Gasteiger partial charge in [-0.2, -0.15) is 0 Å². The van der Waals surface area contributed by atoms with E-state index in [0.29, 0.717) is 13.2 Å². The Labute approximate surface area is 150 Å². The number of aliphatic hydroxyl groups is 1. The predicted octanol–water partition coefficient (Wildman–Crippen LogP) is 3.55. The molecule has 2 aromatic rings. The molecule has 4 rings (SSSR count). The van der Waals surface area contributed by atoms with Crippen molar-refractivity contribution >= 4 is 0 Å². The molecule has 0 aliphatic carbocycles. The number of hydrogen-bond donors (Lipinski definition) is 1. The summed E-state index contributed by atoms with van der Waals surface area (Å²) in [4.78, 5) is 2.54. The molecule has 0 aromatic heterocycles. The Morgan fingerprint density at radius 3 is 2.32 bits per heavy atom. The van der Waals surface area contributed by atoms with Crippen molar-refractivity contribution in [3.05, 3.63) is 70.8 Å². The molecule has 0 radical (unpaired) electrons. The van der Waals surface area contributed by atoms with E-state index in [-0.39, 0.29) is 12.1 Å². The molecule has 0 spiro atoms. The molecule has 2 fully saturated rings. The van der Waals surface area contributed by atoms with Crippen molar-refractivity contribution in [2.24, 2.45) is 0 Å². The number of aryl methyl sites for hydroxylation is 2. The van der Waals surface area contributed by atoms with Gasteiger partial charge < -0.3 is 9.84 Å². The molecule has 0 amide bonds. The fourth-order valence-corrected chi connectivity index (χ4v) is 4.36. The standard InChI is InChI=1S/C22H27NO2/c1-16-8-9-19(10-17(16)2)22(24)11-20-14-25-15-21(12-22)23(20)13-18-6-4-3-5-7-18/h3-10,20-21,24H,11-15H2,1-2H3. The molecule has 3 nitrogen and oxygen atoms in total. The van der Waals surface area contributed by atoms with Gasteiger partial charge in [-0.25, -0.2) is 0 Å². The van der Waals surface area contributed by atoms with Crippen LogP contribution >= 0.6 is 0 Å². The summed E-state index contributed by atoms with van der Waals surface area (Å²) in [6.45, 7) is 6.58. The van der Waals surface area contributed by atoms with Gasteiger partial charge in [0.1, 0.15) is 0 Å². The second-order valence-corrected chi connectivity index (χ2v) is 7.74. The summed E-state index contributed by atoms with van der Waals surface area (Å²) in [7, 11) is 0. The number of rotatable bonds is 3. The topological polar surface area (TPSA) is 32.7 Å². The van der Waals surface area contributed by atoms with Crippen LogP contribution in [0.4, 0.5) is 0 Å². The lowest BCUT2D eigenvalue weighted by Gasteiger charge is -2.52. The molecule has 25 heavy (non-hydrogen) atoms. The zero-order valence-corrected chi connectivity index (χ0v) is 15.1. The van der Waals surface area contributed by atoms with E-state index in [1.165, 1.54) is 16.7 Å². The van der Waals surface area contributed by atoms with E-state index in [1.807, 2.05) is 0 Å². The smallest absolute Gasteiger partial charge is 0.0928 e. The first-order chi connectivity index (χ1) is 12.0. The Morgan fingerprint density at radius 1 is 1.00 bits per heavy atom. The van der Waals surface area contributed by atoms with Crippen LogP contribution in [0, 0.1) is 13.8 Å². The van der Waals surface area contributed by atoms with Crippen LogP contribution in [0.2, 0.25) is 0 Å². The highest BCUT2D eigenvalue weighted by molar-refractivity contribution is 5.34. The maximum Gasteiger partial charge on any atom is 0.0928 e. The zero-order chi connectivity index (χ0) is 17.4. The number of nitrogens with zero attached hydrogens (tertiary/aromatic N) is 1. The van der Waals surface area contributed by atoms with Gasteiger partial charge in [-0.05, 0) is 48.9 Å². The summed E-state index contributed by atoms with van der Waals surface area (Å²) >= 11 is 0. The summed E-state index contributed by atoms with van der Waals surface area (Å²) in [5, 5.41) is 11.5. The number of piperidine rings is 1. The molecular weight excluding hydrogens is 310 g/mol. The van der Waals surface area contributed by atoms with Crippen molar-refractivity contribution in [1.82, 2.24) is 4.90 Å². The van der Waals surface area contributed by atoms with Gasteiger partial charge in [0.05, 0.1) is 18.8 Å². The lowest BCUT2D eigenvalue weighted by atomic mass is 9.76. The summed E-state index contributed by atoms with van der Waals surface area (Å²) in [5.41, 5.74) is 4.17. The third-order valence-corrected chi connectivity index (χ3v) is 5.96. The molecule has 2 atom stereocenters. The van der Waals surface area contributed by atoms with Gasteiger partial charge in [0.25, 0.3) is 0 Å². The van der Waals surface area contributed by atoms with Crippen LogP contribution < -0.4 is 0 Å². The van der Waals surface area contributed by atoms with Crippen LogP contribution in [0.25, 0.3) is 0 Å². The Bertz CT molecular complexity index is 729. The molecule has 0 saturated carbocycles. The zero-order valence-electron chi connectivity index (χ0n) is 15.1. The summed E-state index contributed by atoms with van der Waals surface area (Å²) in [6.07, 6.45) is 1.47. The van der Waals surface area contributed by atoms with Crippen LogP contribution in [-0.4, -0.2) is 35.3 Å². The van der Waals surface area contributed by atoms with E-state index in [1.54, 1.807) is 0 Å². The Morgan fingerprint density at radius 2 is 1.68 bits per heavy atom. The first-order valence-electron chi connectivity index (χ1n) is 9.23. The second kappa shape index (κ2) is 6.56. The summed E-state index contributed by atoms with van der Waals surface area (Å²) < 4.78 is 5.82. The fourth-order valence-electron chi connectivity index (χ4n) is 4.36. The maximum atomic E-state index is 11.5. The monoisotopic (exact) mass is 337 g/mol. The minimum Gasteiger partial charge on any atom is -0.385 e. The molecule has 2 saturated heterocycles. The van der Waals surface area contributed by atoms with Gasteiger partial charge in [-0.15, -0.1) is 0 Å². The lowest BCUT2D eigenvalue weighted by Crippen LogP contribution is -2.60. The molecule has 2 heterocycles. The number of hydrogen-bond acceptors (Lipinski definition) is 3. The Kier molecular flexibility index (Phi) is 4.40. The molecule has 2 unspecified atom stereocenters. The summed E-state index contributed by atoms with van der Waals surface area (Å²) in [6, 6.07) is 17.5. The van der Waals surface area contributed by atoms with Crippen molar-refractivity contribution < 1.29 is 9.84 Å². The van der Waals surface area contributed by atoms with Gasteiger partial charge in [0, 0.05) is 18.6 Å². The fraction of sp³-hybridized carbons (Fsp3) is 0.455. The molecular formula is C22H27NO2. The SMILES string of the molecule is Cc1ccc(C2(O)CC3COCC(C2)N3Cc2ccccc2)cc1C. The molecule has 2 aliphatic rings. The van der Waals surface area contributed by atoms with Crippen molar-refractivity contribution in [1.29, 1.82) is 0 Å². The van der Waals surface area contributed by atoms with Gasteiger partial charge >= 0.3 is 0 Å². The van der Waals surface area contributed by atoms with Gasteiger partial charge in [0.15, 0.2) is 0 Å². The first kappa shape index (κ1) is 16.8. The minimum absolute atomic E-state index is 0.263. The highest BCUT2D eigenvalue weighted by Gasteiger charge is 2.46. The highest BCUT2D eigenvalue weighted by atomic mass is 16.5. The quantitative estimate of drug-likeness (QED) is 0.930.